The Hall–Kier alpha value is -2.53. The van der Waals surface area contributed by atoms with Gasteiger partial charge < -0.3 is 4.74 Å². The van der Waals surface area contributed by atoms with Crippen molar-refractivity contribution in [1.29, 1.82) is 10.5 Å². The zero-order valence-corrected chi connectivity index (χ0v) is 9.36. The third kappa shape index (κ3) is 3.84. The van der Waals surface area contributed by atoms with Gasteiger partial charge in [-0.3, -0.25) is 5.32 Å². The predicted molar refractivity (Wildman–Crippen MR) is 61.1 cm³/mol. The van der Waals surface area contributed by atoms with Crippen molar-refractivity contribution in [3.05, 3.63) is 29.3 Å². The number of amides is 1. The zero-order chi connectivity index (χ0) is 12.7. The molecule has 0 aliphatic rings. The maximum absolute atomic E-state index is 11.3. The molecule has 0 radical (unpaired) electrons. The van der Waals surface area contributed by atoms with Crippen LogP contribution in [-0.2, 0) is 4.74 Å². The van der Waals surface area contributed by atoms with Crippen molar-refractivity contribution in [3.63, 3.8) is 0 Å². The third-order valence-corrected chi connectivity index (χ3v) is 2.05. The second-order valence-corrected chi connectivity index (χ2v) is 3.31. The van der Waals surface area contributed by atoms with E-state index in [0.717, 1.165) is 5.56 Å². The second kappa shape index (κ2) is 6.14. The van der Waals surface area contributed by atoms with Crippen LogP contribution in [0.5, 0.6) is 0 Å². The smallest absolute Gasteiger partial charge is 0.411 e. The fraction of sp³-hybridized carbons (Fsp3) is 0.250. The predicted octanol–water partition coefficient (Wildman–Crippen LogP) is 2.33. The lowest BCUT2D eigenvalue weighted by Gasteiger charge is -2.08. The highest BCUT2D eigenvalue weighted by molar-refractivity contribution is 5.85. The Morgan fingerprint density at radius 2 is 2.24 bits per heavy atom. The van der Waals surface area contributed by atoms with Crippen LogP contribution in [0.2, 0.25) is 0 Å². The lowest BCUT2D eigenvalue weighted by Crippen LogP contribution is -2.15. The van der Waals surface area contributed by atoms with Crippen molar-refractivity contribution in [3.8, 4) is 12.1 Å². The fourth-order valence-electron chi connectivity index (χ4n) is 1.16. The minimum absolute atomic E-state index is 0.0549. The Balaban J connectivity index is 2.65. The highest BCUT2D eigenvalue weighted by Gasteiger charge is 2.06. The average Bonchev–Trinajstić information content (AvgIpc) is 2.32. The zero-order valence-electron chi connectivity index (χ0n) is 9.36. The number of nitriles is 2. The number of carbonyl (C=O) groups excluding carboxylic acids is 1. The quantitative estimate of drug-likeness (QED) is 0.806. The van der Waals surface area contributed by atoms with Gasteiger partial charge in [0, 0.05) is 5.69 Å². The first kappa shape index (κ1) is 12.5. The highest BCUT2D eigenvalue weighted by Crippen LogP contribution is 2.16. The number of benzene rings is 1. The number of nitrogens with zero attached hydrogens (tertiary/aromatic N) is 2. The Morgan fingerprint density at radius 1 is 1.47 bits per heavy atom. The third-order valence-electron chi connectivity index (χ3n) is 2.05. The van der Waals surface area contributed by atoms with Gasteiger partial charge in [0.25, 0.3) is 0 Å². The Morgan fingerprint density at radius 3 is 2.88 bits per heavy atom. The van der Waals surface area contributed by atoms with E-state index < -0.39 is 6.09 Å². The Kier molecular flexibility index (Phi) is 4.53. The highest BCUT2D eigenvalue weighted by atomic mass is 16.5. The van der Waals surface area contributed by atoms with E-state index in [1.165, 1.54) is 0 Å². The number of anilines is 1. The number of ether oxygens (including phenoxy) is 1. The van der Waals surface area contributed by atoms with Crippen LogP contribution in [0.4, 0.5) is 10.5 Å². The lowest BCUT2D eigenvalue weighted by molar-refractivity contribution is 0.164. The molecule has 0 aliphatic heterocycles. The van der Waals surface area contributed by atoms with Gasteiger partial charge in [0.2, 0.25) is 0 Å². The van der Waals surface area contributed by atoms with Gasteiger partial charge in [0.15, 0.2) is 0 Å². The molecule has 86 valence electrons. The van der Waals surface area contributed by atoms with Crippen LogP contribution in [0.25, 0.3) is 0 Å². The van der Waals surface area contributed by atoms with Crippen LogP contribution in [0.15, 0.2) is 18.2 Å². The van der Waals surface area contributed by atoms with Crippen LogP contribution in [-0.4, -0.2) is 12.7 Å². The second-order valence-electron chi connectivity index (χ2n) is 3.31. The molecule has 0 atom stereocenters. The van der Waals surface area contributed by atoms with Crippen molar-refractivity contribution < 1.29 is 9.53 Å². The van der Waals surface area contributed by atoms with E-state index in [9.17, 15) is 4.79 Å². The summed E-state index contributed by atoms with van der Waals surface area (Å²) in [5.74, 6) is 0. The molecule has 1 N–H and O–H groups in total. The van der Waals surface area contributed by atoms with E-state index in [0.29, 0.717) is 11.3 Å². The summed E-state index contributed by atoms with van der Waals surface area (Å²) in [7, 11) is 0. The molecule has 0 spiro atoms. The topological polar surface area (TPSA) is 85.9 Å². The number of hydrogen-bond donors (Lipinski definition) is 1. The molecule has 0 fully saturated rings. The first-order chi connectivity index (χ1) is 8.17. The molecule has 1 amide bonds. The van der Waals surface area contributed by atoms with Gasteiger partial charge in [0.05, 0.1) is 24.1 Å². The molecule has 17 heavy (non-hydrogen) atoms. The lowest BCUT2D eigenvalue weighted by atomic mass is 10.1. The molecule has 0 saturated carbocycles. The summed E-state index contributed by atoms with van der Waals surface area (Å²) in [6.45, 7) is 1.87. The summed E-state index contributed by atoms with van der Waals surface area (Å²) < 4.78 is 4.76. The van der Waals surface area contributed by atoms with Crippen molar-refractivity contribution >= 4 is 11.8 Å². The summed E-state index contributed by atoms with van der Waals surface area (Å²) >= 11 is 0. The maximum Gasteiger partial charge on any atom is 0.411 e. The molecule has 5 heteroatoms. The van der Waals surface area contributed by atoms with E-state index >= 15 is 0 Å². The summed E-state index contributed by atoms with van der Waals surface area (Å²) in [6, 6.07) is 8.83. The Labute approximate surface area is 99.2 Å². The van der Waals surface area contributed by atoms with Crippen LogP contribution < -0.4 is 5.32 Å². The molecule has 1 rings (SSSR count). The van der Waals surface area contributed by atoms with Crippen molar-refractivity contribution in [1.82, 2.24) is 0 Å². The number of hydrogen-bond acceptors (Lipinski definition) is 4. The standard InChI is InChI=1S/C12H11N3O2/c1-9-3-4-10(8-14)7-11(9)15-12(16)17-6-2-5-13/h3-4,7H,2,6H2,1H3,(H,15,16). The Bertz CT molecular complexity index is 497. The number of aryl methyl sites for hydroxylation is 1. The summed E-state index contributed by atoms with van der Waals surface area (Å²) in [6.07, 6.45) is -0.469. The average molecular weight is 229 g/mol. The van der Waals surface area contributed by atoms with E-state index in [2.05, 4.69) is 5.32 Å². The van der Waals surface area contributed by atoms with Gasteiger partial charge in [-0.25, -0.2) is 4.79 Å². The van der Waals surface area contributed by atoms with Gasteiger partial charge in [-0.1, -0.05) is 6.07 Å². The molecule has 1 aromatic carbocycles. The summed E-state index contributed by atoms with van der Waals surface area (Å²) in [5.41, 5.74) is 1.83. The largest absolute Gasteiger partial charge is 0.448 e. The molecule has 0 saturated heterocycles. The van der Waals surface area contributed by atoms with Crippen LogP contribution in [0, 0.1) is 29.6 Å². The SMILES string of the molecule is Cc1ccc(C#N)cc1NC(=O)OCCC#N. The van der Waals surface area contributed by atoms with Gasteiger partial charge in [-0.15, -0.1) is 0 Å². The molecule has 0 aliphatic carbocycles. The molecule has 1 aromatic rings. The molecule has 0 aromatic heterocycles. The molecule has 5 nitrogen and oxygen atoms in total. The van der Waals surface area contributed by atoms with Crippen molar-refractivity contribution in [2.45, 2.75) is 13.3 Å². The maximum atomic E-state index is 11.3. The van der Waals surface area contributed by atoms with Crippen LogP contribution >= 0.6 is 0 Å². The number of rotatable bonds is 3. The minimum atomic E-state index is -0.626. The van der Waals surface area contributed by atoms with E-state index in [-0.39, 0.29) is 13.0 Å². The first-order valence-corrected chi connectivity index (χ1v) is 4.99. The number of carbonyl (C=O) groups is 1. The van der Waals surface area contributed by atoms with Crippen LogP contribution in [0.3, 0.4) is 0 Å². The summed E-state index contributed by atoms with van der Waals surface area (Å²) in [5, 5.41) is 19.5. The molecule has 0 bridgehead atoms. The van der Waals surface area contributed by atoms with Gasteiger partial charge in [0.1, 0.15) is 6.61 Å². The number of nitrogens with one attached hydrogen (secondary N) is 1. The van der Waals surface area contributed by atoms with Gasteiger partial charge in [-0.2, -0.15) is 10.5 Å². The fourth-order valence-corrected chi connectivity index (χ4v) is 1.16. The normalized spacial score (nSPS) is 8.88. The van der Waals surface area contributed by atoms with E-state index in [4.69, 9.17) is 15.3 Å². The van der Waals surface area contributed by atoms with Crippen molar-refractivity contribution in [2.75, 3.05) is 11.9 Å². The first-order valence-electron chi connectivity index (χ1n) is 4.99. The molecule has 0 unspecified atom stereocenters. The molecular formula is C12H11N3O2. The van der Waals surface area contributed by atoms with Gasteiger partial charge in [-0.05, 0) is 24.6 Å². The minimum Gasteiger partial charge on any atom is -0.448 e. The summed E-state index contributed by atoms with van der Waals surface area (Å²) in [4.78, 5) is 11.3. The van der Waals surface area contributed by atoms with Crippen molar-refractivity contribution in [2.24, 2.45) is 0 Å². The molecule has 0 heterocycles. The van der Waals surface area contributed by atoms with E-state index in [1.807, 2.05) is 19.1 Å². The molecular weight excluding hydrogens is 218 g/mol. The van der Waals surface area contributed by atoms with Crippen LogP contribution in [0.1, 0.15) is 17.5 Å². The van der Waals surface area contributed by atoms with Gasteiger partial charge >= 0.3 is 6.09 Å². The monoisotopic (exact) mass is 229 g/mol. The van der Waals surface area contributed by atoms with E-state index in [1.54, 1.807) is 18.2 Å².